The minimum absolute atomic E-state index is 0.140. The molecule has 1 amide bonds. The molecule has 0 aliphatic heterocycles. The first-order chi connectivity index (χ1) is 17.4. The highest BCUT2D eigenvalue weighted by Gasteiger charge is 2.09. The predicted molar refractivity (Wildman–Crippen MR) is 140 cm³/mol. The van der Waals surface area contributed by atoms with Crippen molar-refractivity contribution in [1.29, 1.82) is 0 Å². The summed E-state index contributed by atoms with van der Waals surface area (Å²) in [6, 6.07) is 21.3. The Balaban J connectivity index is 1.42. The zero-order valence-corrected chi connectivity index (χ0v) is 20.9. The summed E-state index contributed by atoms with van der Waals surface area (Å²) in [6.07, 6.45) is 3.55. The average Bonchev–Trinajstić information content (AvgIpc) is 2.89. The van der Waals surface area contributed by atoms with Crippen LogP contribution in [0.4, 0.5) is 0 Å². The fourth-order valence-corrected chi connectivity index (χ4v) is 3.12. The summed E-state index contributed by atoms with van der Waals surface area (Å²) < 4.78 is 16.5. The summed E-state index contributed by atoms with van der Waals surface area (Å²) in [4.78, 5) is 24.3. The summed E-state index contributed by atoms with van der Waals surface area (Å²) in [5.41, 5.74) is 4.80. The lowest BCUT2D eigenvalue weighted by Gasteiger charge is -2.08. The first-order valence-electron chi connectivity index (χ1n) is 12.0. The van der Waals surface area contributed by atoms with E-state index in [2.05, 4.69) is 31.3 Å². The molecule has 0 saturated heterocycles. The molecule has 0 atom stereocenters. The highest BCUT2D eigenvalue weighted by atomic mass is 16.5. The topological polar surface area (TPSA) is 86.2 Å². The Bertz CT molecular complexity index is 1140. The molecular formula is C29H32N2O5. The maximum absolute atomic E-state index is 12.4. The number of benzene rings is 3. The van der Waals surface area contributed by atoms with Crippen LogP contribution in [0.15, 0.2) is 77.9 Å². The van der Waals surface area contributed by atoms with Gasteiger partial charge in [-0.05, 0) is 84.1 Å². The minimum atomic E-state index is -0.456. The number of hydrogen-bond donors (Lipinski definition) is 1. The van der Waals surface area contributed by atoms with Crippen molar-refractivity contribution in [2.24, 2.45) is 5.10 Å². The molecule has 188 valence electrons. The van der Waals surface area contributed by atoms with E-state index >= 15 is 0 Å². The number of unbranched alkanes of at least 4 members (excludes halogenated alkanes) is 1. The van der Waals surface area contributed by atoms with E-state index in [0.29, 0.717) is 29.6 Å². The number of rotatable bonds is 12. The zero-order valence-electron chi connectivity index (χ0n) is 20.9. The van der Waals surface area contributed by atoms with Gasteiger partial charge in [-0.1, -0.05) is 39.3 Å². The van der Waals surface area contributed by atoms with Gasteiger partial charge in [-0.25, -0.2) is 10.2 Å². The SMILES string of the molecule is CCCCOc1ccc(C(=O)Oc2ccc(C=NNC(=O)COc3ccc(C(C)C)cc3)cc2)cc1. The van der Waals surface area contributed by atoms with E-state index in [-0.39, 0.29) is 12.5 Å². The van der Waals surface area contributed by atoms with Gasteiger partial charge in [0.25, 0.3) is 5.91 Å². The van der Waals surface area contributed by atoms with Crippen LogP contribution in [-0.4, -0.2) is 31.3 Å². The predicted octanol–water partition coefficient (Wildman–Crippen LogP) is 5.74. The Morgan fingerprint density at radius 1 is 0.861 bits per heavy atom. The van der Waals surface area contributed by atoms with E-state index in [0.717, 1.165) is 24.2 Å². The van der Waals surface area contributed by atoms with Gasteiger partial charge in [0.1, 0.15) is 17.2 Å². The van der Waals surface area contributed by atoms with Gasteiger partial charge >= 0.3 is 5.97 Å². The molecule has 0 saturated carbocycles. The quantitative estimate of drug-likeness (QED) is 0.116. The summed E-state index contributed by atoms with van der Waals surface area (Å²) in [7, 11) is 0. The lowest BCUT2D eigenvalue weighted by molar-refractivity contribution is -0.123. The van der Waals surface area contributed by atoms with Gasteiger partial charge in [-0.2, -0.15) is 5.10 Å². The van der Waals surface area contributed by atoms with Crippen molar-refractivity contribution in [3.8, 4) is 17.2 Å². The Morgan fingerprint density at radius 2 is 1.47 bits per heavy atom. The zero-order chi connectivity index (χ0) is 25.8. The van der Waals surface area contributed by atoms with Gasteiger partial charge < -0.3 is 14.2 Å². The minimum Gasteiger partial charge on any atom is -0.494 e. The van der Waals surface area contributed by atoms with Crippen LogP contribution in [0.5, 0.6) is 17.2 Å². The second kappa shape index (κ2) is 13.7. The molecule has 0 aromatic heterocycles. The molecule has 3 aromatic rings. The molecule has 0 aliphatic rings. The van der Waals surface area contributed by atoms with Gasteiger partial charge in [-0.3, -0.25) is 4.79 Å². The number of amides is 1. The molecule has 3 rings (SSSR count). The summed E-state index contributed by atoms with van der Waals surface area (Å²) in [5, 5.41) is 3.94. The molecule has 0 fully saturated rings. The van der Waals surface area contributed by atoms with Crippen LogP contribution in [0.25, 0.3) is 0 Å². The molecule has 0 bridgehead atoms. The normalized spacial score (nSPS) is 10.9. The van der Waals surface area contributed by atoms with E-state index < -0.39 is 5.97 Å². The van der Waals surface area contributed by atoms with Gasteiger partial charge in [0.05, 0.1) is 18.4 Å². The fraction of sp³-hybridized carbons (Fsp3) is 0.276. The molecule has 1 N–H and O–H groups in total. The molecule has 0 radical (unpaired) electrons. The molecule has 0 spiro atoms. The van der Waals surface area contributed by atoms with Crippen molar-refractivity contribution in [3.63, 3.8) is 0 Å². The second-order valence-corrected chi connectivity index (χ2v) is 8.49. The number of ether oxygens (including phenoxy) is 3. The molecule has 3 aromatic carbocycles. The van der Waals surface area contributed by atoms with E-state index in [1.807, 2.05) is 24.3 Å². The smallest absolute Gasteiger partial charge is 0.343 e. The lowest BCUT2D eigenvalue weighted by Crippen LogP contribution is -2.24. The molecule has 0 heterocycles. The van der Waals surface area contributed by atoms with E-state index in [1.165, 1.54) is 11.8 Å². The highest BCUT2D eigenvalue weighted by molar-refractivity contribution is 5.91. The van der Waals surface area contributed by atoms with Crippen LogP contribution < -0.4 is 19.6 Å². The number of hydrazone groups is 1. The molecule has 0 unspecified atom stereocenters. The first kappa shape index (κ1) is 26.5. The van der Waals surface area contributed by atoms with Crippen molar-refractivity contribution in [1.82, 2.24) is 5.43 Å². The molecule has 36 heavy (non-hydrogen) atoms. The number of nitrogens with zero attached hydrogens (tertiary/aromatic N) is 1. The molecule has 7 nitrogen and oxygen atoms in total. The van der Waals surface area contributed by atoms with E-state index in [4.69, 9.17) is 14.2 Å². The Hall–Kier alpha value is -4.13. The Labute approximate surface area is 212 Å². The fourth-order valence-electron chi connectivity index (χ4n) is 3.12. The monoisotopic (exact) mass is 488 g/mol. The number of nitrogens with one attached hydrogen (secondary N) is 1. The van der Waals surface area contributed by atoms with Crippen molar-refractivity contribution >= 4 is 18.1 Å². The van der Waals surface area contributed by atoms with Crippen LogP contribution in [0, 0.1) is 0 Å². The maximum atomic E-state index is 12.4. The number of carbonyl (C=O) groups is 2. The van der Waals surface area contributed by atoms with Gasteiger partial charge in [0.15, 0.2) is 6.61 Å². The summed E-state index contributed by atoms with van der Waals surface area (Å²) in [5.74, 6) is 1.36. The standard InChI is InChI=1S/C29H32N2O5/c1-4-5-18-34-25-16-10-24(11-17-25)29(33)36-27-12-6-22(7-13-27)19-30-31-28(32)20-35-26-14-8-23(9-15-26)21(2)3/h6-17,19,21H,4-5,18,20H2,1-3H3,(H,31,32). The van der Waals surface area contributed by atoms with Crippen molar-refractivity contribution in [2.45, 2.75) is 39.5 Å². The molecular weight excluding hydrogens is 456 g/mol. The van der Waals surface area contributed by atoms with Gasteiger partial charge in [0.2, 0.25) is 0 Å². The van der Waals surface area contributed by atoms with Crippen LogP contribution in [0.1, 0.15) is 61.0 Å². The highest BCUT2D eigenvalue weighted by Crippen LogP contribution is 2.19. The van der Waals surface area contributed by atoms with Gasteiger partial charge in [-0.15, -0.1) is 0 Å². The third-order valence-electron chi connectivity index (χ3n) is 5.27. The third-order valence-corrected chi connectivity index (χ3v) is 5.27. The van der Waals surface area contributed by atoms with E-state index in [1.54, 1.807) is 48.5 Å². The molecule has 7 heteroatoms. The Morgan fingerprint density at radius 3 is 2.11 bits per heavy atom. The Kier molecular flexibility index (Phi) is 10.1. The van der Waals surface area contributed by atoms with Crippen LogP contribution >= 0.6 is 0 Å². The van der Waals surface area contributed by atoms with Crippen LogP contribution in [0.3, 0.4) is 0 Å². The number of carbonyl (C=O) groups excluding carboxylic acids is 2. The van der Waals surface area contributed by atoms with Crippen LogP contribution in [-0.2, 0) is 4.79 Å². The van der Waals surface area contributed by atoms with Crippen molar-refractivity contribution in [2.75, 3.05) is 13.2 Å². The maximum Gasteiger partial charge on any atom is 0.343 e. The lowest BCUT2D eigenvalue weighted by atomic mass is 10.0. The van der Waals surface area contributed by atoms with E-state index in [9.17, 15) is 9.59 Å². The van der Waals surface area contributed by atoms with Crippen molar-refractivity contribution < 1.29 is 23.8 Å². The summed E-state index contributed by atoms with van der Waals surface area (Å²) in [6.45, 7) is 6.85. The third kappa shape index (κ3) is 8.58. The van der Waals surface area contributed by atoms with Crippen molar-refractivity contribution in [3.05, 3.63) is 89.5 Å². The van der Waals surface area contributed by atoms with Crippen LogP contribution in [0.2, 0.25) is 0 Å². The summed E-state index contributed by atoms with van der Waals surface area (Å²) >= 11 is 0. The number of esters is 1. The second-order valence-electron chi connectivity index (χ2n) is 8.49. The number of hydrogen-bond acceptors (Lipinski definition) is 6. The average molecular weight is 489 g/mol. The van der Waals surface area contributed by atoms with Gasteiger partial charge in [0, 0.05) is 0 Å². The largest absolute Gasteiger partial charge is 0.494 e. The molecule has 0 aliphatic carbocycles. The first-order valence-corrected chi connectivity index (χ1v) is 12.0.